The Balaban J connectivity index is 2.18. The predicted molar refractivity (Wildman–Crippen MR) is 55.1 cm³/mol. The number of alkyl halides is 3. The maximum absolute atomic E-state index is 12.6. The molecule has 0 unspecified atom stereocenters. The van der Waals surface area contributed by atoms with Gasteiger partial charge in [0.2, 0.25) is 5.96 Å². The van der Waals surface area contributed by atoms with E-state index in [1.54, 1.807) is 6.07 Å². The Bertz CT molecular complexity index is 421. The summed E-state index contributed by atoms with van der Waals surface area (Å²) in [6.07, 6.45) is -4.36. The molecule has 1 fully saturated rings. The highest BCUT2D eigenvalue weighted by Crippen LogP contribution is 2.32. The van der Waals surface area contributed by atoms with E-state index in [0.717, 1.165) is 6.07 Å². The fraction of sp³-hybridized carbons (Fsp3) is 0.222. The van der Waals surface area contributed by atoms with Gasteiger partial charge >= 0.3 is 6.18 Å². The number of rotatable bonds is 2. The number of nitrogens with one attached hydrogen (secondary N) is 4. The summed E-state index contributed by atoms with van der Waals surface area (Å²) in [7, 11) is 0. The molecule has 1 aliphatic rings. The molecule has 0 saturated carbocycles. The first-order valence-corrected chi connectivity index (χ1v) is 4.79. The van der Waals surface area contributed by atoms with Gasteiger partial charge in [-0.1, -0.05) is 18.2 Å². The van der Waals surface area contributed by atoms with E-state index >= 15 is 0 Å². The zero-order valence-electron chi connectivity index (χ0n) is 8.60. The monoisotopic (exact) mass is 245 g/mol. The topological polar surface area (TPSA) is 60.5 Å². The van der Waals surface area contributed by atoms with Crippen LogP contribution >= 0.6 is 0 Å². The van der Waals surface area contributed by atoms with E-state index in [9.17, 15) is 13.2 Å². The van der Waals surface area contributed by atoms with Gasteiger partial charge in [0, 0.05) is 0 Å². The summed E-state index contributed by atoms with van der Waals surface area (Å²) in [5.74, 6) is 0.335. The average Bonchev–Trinajstić information content (AvgIpc) is 2.78. The number of hydrazine groups is 3. The highest BCUT2D eigenvalue weighted by molar-refractivity contribution is 5.79. The Morgan fingerprint density at radius 2 is 1.71 bits per heavy atom. The van der Waals surface area contributed by atoms with Gasteiger partial charge in [-0.05, 0) is 11.6 Å². The molecule has 1 aromatic rings. The minimum absolute atomic E-state index is 0.0611. The summed E-state index contributed by atoms with van der Waals surface area (Å²) in [4.78, 5) is 3.94. The normalized spacial score (nSPS) is 15.4. The molecule has 1 heterocycles. The van der Waals surface area contributed by atoms with E-state index in [1.807, 2.05) is 0 Å². The Labute approximate surface area is 95.0 Å². The molecule has 4 N–H and O–H groups in total. The molecular formula is C9H10F3N5. The SMILES string of the molecule is FC(F)(F)c1ccccc1CN=C1NNNN1. The fourth-order valence-corrected chi connectivity index (χ4v) is 1.39. The average molecular weight is 245 g/mol. The minimum atomic E-state index is -4.36. The second-order valence-corrected chi connectivity index (χ2v) is 3.32. The first-order chi connectivity index (χ1) is 8.07. The van der Waals surface area contributed by atoms with Crippen LogP contribution in [0.5, 0.6) is 0 Å². The second-order valence-electron chi connectivity index (χ2n) is 3.32. The van der Waals surface area contributed by atoms with Crippen molar-refractivity contribution in [3.63, 3.8) is 0 Å². The summed E-state index contributed by atoms with van der Waals surface area (Å²) in [5.41, 5.74) is 9.61. The molecule has 0 radical (unpaired) electrons. The zero-order valence-corrected chi connectivity index (χ0v) is 8.60. The highest BCUT2D eigenvalue weighted by atomic mass is 19.4. The summed E-state index contributed by atoms with van der Waals surface area (Å²) < 4.78 is 37.9. The van der Waals surface area contributed by atoms with Crippen LogP contribution < -0.4 is 21.9 Å². The molecule has 2 rings (SSSR count). The Kier molecular flexibility index (Phi) is 3.16. The predicted octanol–water partition coefficient (Wildman–Crippen LogP) is 0.678. The van der Waals surface area contributed by atoms with Gasteiger partial charge in [0.05, 0.1) is 12.1 Å². The molecular weight excluding hydrogens is 235 g/mol. The van der Waals surface area contributed by atoms with Crippen molar-refractivity contribution in [1.82, 2.24) is 21.9 Å². The summed E-state index contributed by atoms with van der Waals surface area (Å²) in [6.45, 7) is -0.0611. The van der Waals surface area contributed by atoms with Gasteiger partial charge in [-0.25, -0.2) is 4.99 Å². The van der Waals surface area contributed by atoms with Gasteiger partial charge in [0.15, 0.2) is 0 Å². The van der Waals surface area contributed by atoms with Crippen LogP contribution in [0, 0.1) is 0 Å². The van der Waals surface area contributed by atoms with Gasteiger partial charge in [0.25, 0.3) is 0 Å². The van der Waals surface area contributed by atoms with Crippen molar-refractivity contribution in [2.24, 2.45) is 4.99 Å². The molecule has 0 bridgehead atoms. The Morgan fingerprint density at radius 3 is 2.35 bits per heavy atom. The third-order valence-electron chi connectivity index (χ3n) is 2.15. The lowest BCUT2D eigenvalue weighted by atomic mass is 10.1. The molecule has 1 aliphatic heterocycles. The lowest BCUT2D eigenvalue weighted by Crippen LogP contribution is -2.33. The smallest absolute Gasteiger partial charge is 0.276 e. The number of hydrogen-bond acceptors (Lipinski definition) is 3. The van der Waals surface area contributed by atoms with E-state index < -0.39 is 11.7 Å². The van der Waals surface area contributed by atoms with Crippen LogP contribution in [0.25, 0.3) is 0 Å². The van der Waals surface area contributed by atoms with E-state index in [2.05, 4.69) is 26.9 Å². The van der Waals surface area contributed by atoms with Crippen LogP contribution in [0.3, 0.4) is 0 Å². The van der Waals surface area contributed by atoms with Crippen molar-refractivity contribution in [3.8, 4) is 0 Å². The van der Waals surface area contributed by atoms with Crippen LogP contribution in [0.1, 0.15) is 11.1 Å². The van der Waals surface area contributed by atoms with Gasteiger partial charge in [-0.3, -0.25) is 10.9 Å². The summed E-state index contributed by atoms with van der Waals surface area (Å²) >= 11 is 0. The van der Waals surface area contributed by atoms with Gasteiger partial charge in [-0.15, -0.1) is 0 Å². The van der Waals surface area contributed by atoms with Gasteiger partial charge < -0.3 is 0 Å². The van der Waals surface area contributed by atoms with Crippen molar-refractivity contribution in [3.05, 3.63) is 35.4 Å². The number of nitrogens with zero attached hydrogens (tertiary/aromatic N) is 1. The molecule has 0 aromatic heterocycles. The van der Waals surface area contributed by atoms with E-state index in [0.29, 0.717) is 5.96 Å². The summed E-state index contributed by atoms with van der Waals surface area (Å²) in [6, 6.07) is 5.36. The van der Waals surface area contributed by atoms with Crippen LogP contribution in [0.15, 0.2) is 29.3 Å². The molecule has 92 valence electrons. The molecule has 8 heteroatoms. The number of hydrogen-bond donors (Lipinski definition) is 4. The quantitative estimate of drug-likeness (QED) is 0.619. The highest BCUT2D eigenvalue weighted by Gasteiger charge is 2.32. The molecule has 5 nitrogen and oxygen atoms in total. The number of halogens is 3. The number of benzene rings is 1. The molecule has 0 amide bonds. The van der Waals surface area contributed by atoms with E-state index in [1.165, 1.54) is 12.1 Å². The molecule has 0 aliphatic carbocycles. The lowest BCUT2D eigenvalue weighted by molar-refractivity contribution is -0.138. The maximum Gasteiger partial charge on any atom is 0.416 e. The van der Waals surface area contributed by atoms with E-state index in [4.69, 9.17) is 0 Å². The van der Waals surface area contributed by atoms with E-state index in [-0.39, 0.29) is 12.1 Å². The number of guanidine groups is 1. The first-order valence-electron chi connectivity index (χ1n) is 4.79. The Hall–Kier alpha value is -1.80. The largest absolute Gasteiger partial charge is 0.416 e. The van der Waals surface area contributed by atoms with Gasteiger partial charge in [-0.2, -0.15) is 24.2 Å². The third-order valence-corrected chi connectivity index (χ3v) is 2.15. The second kappa shape index (κ2) is 4.60. The van der Waals surface area contributed by atoms with Crippen LogP contribution in [-0.4, -0.2) is 5.96 Å². The first kappa shape index (κ1) is 11.7. The van der Waals surface area contributed by atoms with Crippen LogP contribution in [-0.2, 0) is 12.7 Å². The van der Waals surface area contributed by atoms with Crippen molar-refractivity contribution in [2.45, 2.75) is 12.7 Å². The van der Waals surface area contributed by atoms with Crippen molar-refractivity contribution >= 4 is 5.96 Å². The minimum Gasteiger partial charge on any atom is -0.276 e. The molecule has 0 spiro atoms. The molecule has 17 heavy (non-hydrogen) atoms. The van der Waals surface area contributed by atoms with Crippen LogP contribution in [0.4, 0.5) is 13.2 Å². The lowest BCUT2D eigenvalue weighted by Gasteiger charge is -2.10. The molecule has 0 atom stereocenters. The standard InChI is InChI=1S/C9H10F3N5/c10-9(11,12)7-4-2-1-3-6(7)5-13-8-14-16-17-15-8/h1-4,16-17H,5H2,(H2,13,14,15). The number of aliphatic imine (C=N–C) groups is 1. The Morgan fingerprint density at radius 1 is 1.06 bits per heavy atom. The zero-order chi connectivity index (χ0) is 12.3. The van der Waals surface area contributed by atoms with Crippen LogP contribution in [0.2, 0.25) is 0 Å². The fourth-order valence-electron chi connectivity index (χ4n) is 1.39. The van der Waals surface area contributed by atoms with Gasteiger partial charge in [0.1, 0.15) is 0 Å². The third kappa shape index (κ3) is 2.86. The summed E-state index contributed by atoms with van der Waals surface area (Å²) in [5, 5.41) is 0. The molecule has 1 saturated heterocycles. The molecule has 1 aromatic carbocycles. The van der Waals surface area contributed by atoms with Crippen molar-refractivity contribution < 1.29 is 13.2 Å². The maximum atomic E-state index is 12.6. The van der Waals surface area contributed by atoms with Crippen molar-refractivity contribution in [2.75, 3.05) is 0 Å². The van der Waals surface area contributed by atoms with Crippen molar-refractivity contribution in [1.29, 1.82) is 0 Å².